The summed E-state index contributed by atoms with van der Waals surface area (Å²) in [7, 11) is 0. The van der Waals surface area contributed by atoms with Crippen LogP contribution < -0.4 is 5.32 Å². The molecule has 0 bridgehead atoms. The summed E-state index contributed by atoms with van der Waals surface area (Å²) in [6.45, 7) is 5.88. The molecule has 0 saturated carbocycles. The molecule has 1 unspecified atom stereocenters. The number of aryl methyl sites for hydroxylation is 1. The first-order valence-corrected chi connectivity index (χ1v) is 7.28. The summed E-state index contributed by atoms with van der Waals surface area (Å²) in [5.41, 5.74) is 0. The van der Waals surface area contributed by atoms with E-state index in [0.29, 0.717) is 24.6 Å². The molecule has 0 radical (unpaired) electrons. The van der Waals surface area contributed by atoms with Crippen molar-refractivity contribution in [3.05, 3.63) is 11.7 Å². The minimum atomic E-state index is -1.00. The quantitative estimate of drug-likeness (QED) is 0.721. The highest BCUT2D eigenvalue weighted by Gasteiger charge is 2.19. The molecule has 7 heteroatoms. The number of unbranched alkanes of at least 4 members (excludes halogenated alkanes) is 1. The number of carbonyl (C=O) groups is 2. The molecule has 0 aliphatic heterocycles. The molecule has 1 amide bonds. The van der Waals surface area contributed by atoms with Gasteiger partial charge in [0.2, 0.25) is 11.8 Å². The van der Waals surface area contributed by atoms with Gasteiger partial charge < -0.3 is 14.9 Å². The SMILES string of the molecule is CCCCC(NC(=O)CCc1nc(C(C)C)no1)C(=O)O. The molecule has 1 heterocycles. The predicted octanol–water partition coefficient (Wildman–Crippen LogP) is 1.89. The monoisotopic (exact) mass is 297 g/mol. The Hall–Kier alpha value is -1.92. The van der Waals surface area contributed by atoms with E-state index < -0.39 is 12.0 Å². The fourth-order valence-electron chi connectivity index (χ4n) is 1.76. The van der Waals surface area contributed by atoms with Gasteiger partial charge in [0.1, 0.15) is 6.04 Å². The van der Waals surface area contributed by atoms with Crippen LogP contribution in [0.3, 0.4) is 0 Å². The summed E-state index contributed by atoms with van der Waals surface area (Å²) in [5, 5.41) is 15.4. The molecule has 0 aromatic carbocycles. The number of aromatic nitrogens is 2. The van der Waals surface area contributed by atoms with Crippen molar-refractivity contribution in [2.45, 2.75) is 64.8 Å². The van der Waals surface area contributed by atoms with Gasteiger partial charge in [-0.15, -0.1) is 0 Å². The van der Waals surface area contributed by atoms with Crippen LogP contribution >= 0.6 is 0 Å². The Kier molecular flexibility index (Phi) is 6.84. The van der Waals surface area contributed by atoms with Crippen LogP contribution in [0.15, 0.2) is 4.52 Å². The van der Waals surface area contributed by atoms with E-state index in [-0.39, 0.29) is 18.2 Å². The van der Waals surface area contributed by atoms with Crippen molar-refractivity contribution in [2.24, 2.45) is 0 Å². The van der Waals surface area contributed by atoms with Crippen LogP contribution in [0.2, 0.25) is 0 Å². The molecule has 2 N–H and O–H groups in total. The fourth-order valence-corrected chi connectivity index (χ4v) is 1.76. The van der Waals surface area contributed by atoms with Crippen LogP contribution in [0, 0.1) is 0 Å². The molecular formula is C14H23N3O4. The summed E-state index contributed by atoms with van der Waals surface area (Å²) < 4.78 is 5.04. The largest absolute Gasteiger partial charge is 0.480 e. The van der Waals surface area contributed by atoms with Crippen LogP contribution in [-0.4, -0.2) is 33.2 Å². The molecule has 0 fully saturated rings. The van der Waals surface area contributed by atoms with E-state index in [9.17, 15) is 9.59 Å². The smallest absolute Gasteiger partial charge is 0.326 e. The molecule has 0 spiro atoms. The standard InChI is InChI=1S/C14H23N3O4/c1-4-5-6-10(14(19)20)15-11(18)7-8-12-16-13(9(2)3)17-21-12/h9-10H,4-8H2,1-3H3,(H,15,18)(H,19,20). The van der Waals surface area contributed by atoms with Gasteiger partial charge in [0.25, 0.3) is 0 Å². The molecule has 0 saturated heterocycles. The zero-order chi connectivity index (χ0) is 15.8. The van der Waals surface area contributed by atoms with Gasteiger partial charge in [-0.1, -0.05) is 38.8 Å². The third-order valence-corrected chi connectivity index (χ3v) is 3.05. The molecule has 1 aromatic rings. The van der Waals surface area contributed by atoms with Crippen LogP contribution in [0.5, 0.6) is 0 Å². The van der Waals surface area contributed by atoms with Crippen molar-refractivity contribution in [3.8, 4) is 0 Å². The number of amides is 1. The topological polar surface area (TPSA) is 105 Å². The molecule has 21 heavy (non-hydrogen) atoms. The second-order valence-electron chi connectivity index (χ2n) is 5.30. The highest BCUT2D eigenvalue weighted by Crippen LogP contribution is 2.10. The third kappa shape index (κ3) is 5.93. The van der Waals surface area contributed by atoms with Gasteiger partial charge in [0, 0.05) is 18.8 Å². The summed E-state index contributed by atoms with van der Waals surface area (Å²) >= 11 is 0. The number of carboxylic acids is 1. The Bertz CT molecular complexity index is 471. The first-order valence-electron chi connectivity index (χ1n) is 7.28. The second kappa shape index (κ2) is 8.39. The maximum Gasteiger partial charge on any atom is 0.326 e. The fraction of sp³-hybridized carbons (Fsp3) is 0.714. The molecule has 7 nitrogen and oxygen atoms in total. The van der Waals surface area contributed by atoms with Gasteiger partial charge in [-0.25, -0.2) is 4.79 Å². The van der Waals surface area contributed by atoms with E-state index in [4.69, 9.17) is 9.63 Å². The molecule has 1 aromatic heterocycles. The highest BCUT2D eigenvalue weighted by molar-refractivity contribution is 5.83. The lowest BCUT2D eigenvalue weighted by molar-refractivity contribution is -0.142. The number of aliphatic carboxylic acids is 1. The average Bonchev–Trinajstić information content (AvgIpc) is 2.90. The number of carbonyl (C=O) groups excluding carboxylic acids is 1. The molecular weight excluding hydrogens is 274 g/mol. The zero-order valence-corrected chi connectivity index (χ0v) is 12.8. The van der Waals surface area contributed by atoms with Gasteiger partial charge >= 0.3 is 5.97 Å². The third-order valence-electron chi connectivity index (χ3n) is 3.05. The lowest BCUT2D eigenvalue weighted by Crippen LogP contribution is -2.40. The number of carboxylic acid groups (broad SMARTS) is 1. The van der Waals surface area contributed by atoms with E-state index in [1.54, 1.807) is 0 Å². The first-order chi connectivity index (χ1) is 9.93. The van der Waals surface area contributed by atoms with Crippen molar-refractivity contribution in [1.29, 1.82) is 0 Å². The van der Waals surface area contributed by atoms with E-state index in [0.717, 1.165) is 12.8 Å². The van der Waals surface area contributed by atoms with Crippen molar-refractivity contribution in [3.63, 3.8) is 0 Å². The van der Waals surface area contributed by atoms with E-state index in [2.05, 4.69) is 15.5 Å². The Morgan fingerprint density at radius 1 is 1.38 bits per heavy atom. The van der Waals surface area contributed by atoms with Crippen molar-refractivity contribution in [2.75, 3.05) is 0 Å². The van der Waals surface area contributed by atoms with Crippen molar-refractivity contribution in [1.82, 2.24) is 15.5 Å². The lowest BCUT2D eigenvalue weighted by Gasteiger charge is -2.13. The summed E-state index contributed by atoms with van der Waals surface area (Å²) in [5.74, 6) is -0.146. The van der Waals surface area contributed by atoms with Gasteiger partial charge in [-0.2, -0.15) is 4.98 Å². The van der Waals surface area contributed by atoms with Gasteiger partial charge in [0.05, 0.1) is 0 Å². The molecule has 1 rings (SSSR count). The minimum Gasteiger partial charge on any atom is -0.480 e. The highest BCUT2D eigenvalue weighted by atomic mass is 16.5. The van der Waals surface area contributed by atoms with Crippen LogP contribution in [0.25, 0.3) is 0 Å². The van der Waals surface area contributed by atoms with Crippen molar-refractivity contribution >= 4 is 11.9 Å². The van der Waals surface area contributed by atoms with Crippen molar-refractivity contribution < 1.29 is 19.2 Å². The summed E-state index contributed by atoms with van der Waals surface area (Å²) in [4.78, 5) is 27.0. The zero-order valence-electron chi connectivity index (χ0n) is 12.8. The number of rotatable bonds is 9. The maximum atomic E-state index is 11.8. The number of nitrogens with zero attached hydrogens (tertiary/aromatic N) is 2. The van der Waals surface area contributed by atoms with E-state index >= 15 is 0 Å². The Labute approximate surface area is 124 Å². The van der Waals surface area contributed by atoms with E-state index in [1.165, 1.54) is 0 Å². The normalized spacial score (nSPS) is 12.4. The summed E-state index contributed by atoms with van der Waals surface area (Å²) in [6, 6.07) is -0.827. The average molecular weight is 297 g/mol. The molecule has 0 aliphatic rings. The Balaban J connectivity index is 2.42. The van der Waals surface area contributed by atoms with Crippen LogP contribution in [0.1, 0.15) is 64.1 Å². The van der Waals surface area contributed by atoms with Gasteiger partial charge in [-0.3, -0.25) is 4.79 Å². The lowest BCUT2D eigenvalue weighted by atomic mass is 10.1. The second-order valence-corrected chi connectivity index (χ2v) is 5.30. The molecule has 0 aliphatic carbocycles. The Morgan fingerprint density at radius 3 is 2.62 bits per heavy atom. The van der Waals surface area contributed by atoms with Crippen LogP contribution in [-0.2, 0) is 16.0 Å². The number of hydrogen-bond donors (Lipinski definition) is 2. The van der Waals surface area contributed by atoms with E-state index in [1.807, 2.05) is 20.8 Å². The van der Waals surface area contributed by atoms with Gasteiger partial charge in [-0.05, 0) is 6.42 Å². The molecule has 1 atom stereocenters. The first kappa shape index (κ1) is 17.1. The van der Waals surface area contributed by atoms with Crippen LogP contribution in [0.4, 0.5) is 0 Å². The predicted molar refractivity (Wildman–Crippen MR) is 75.8 cm³/mol. The molecule has 118 valence electrons. The number of hydrogen-bond acceptors (Lipinski definition) is 5. The minimum absolute atomic E-state index is 0.135. The Morgan fingerprint density at radius 2 is 2.10 bits per heavy atom. The van der Waals surface area contributed by atoms with Gasteiger partial charge in [0.15, 0.2) is 5.82 Å². The summed E-state index contributed by atoms with van der Waals surface area (Å²) in [6.07, 6.45) is 2.54. The number of nitrogens with one attached hydrogen (secondary N) is 1. The maximum absolute atomic E-state index is 11.8.